The molecule has 0 atom stereocenters. The van der Waals surface area contributed by atoms with Gasteiger partial charge in [-0.05, 0) is 51.2 Å². The molecule has 2 aliphatic heterocycles. The van der Waals surface area contributed by atoms with E-state index in [-0.39, 0.29) is 0 Å². The topological polar surface area (TPSA) is 53.3 Å². The molecule has 0 unspecified atom stereocenters. The average molecular weight is 212 g/mol. The lowest BCUT2D eigenvalue weighted by atomic mass is 9.98. The molecule has 4 N–H and O–H groups in total. The van der Waals surface area contributed by atoms with Crippen molar-refractivity contribution in [3.63, 3.8) is 0 Å². The van der Waals surface area contributed by atoms with Crippen LogP contribution in [0.2, 0.25) is 0 Å². The van der Waals surface area contributed by atoms with E-state index in [1.54, 1.807) is 0 Å². The van der Waals surface area contributed by atoms with Gasteiger partial charge in [0.25, 0.3) is 0 Å². The summed E-state index contributed by atoms with van der Waals surface area (Å²) in [6.07, 6.45) is 5.04. The van der Waals surface area contributed by atoms with E-state index in [0.717, 1.165) is 25.6 Å². The first-order valence-corrected chi connectivity index (χ1v) is 6.30. The van der Waals surface area contributed by atoms with Gasteiger partial charge in [-0.15, -0.1) is 0 Å². The smallest absolute Gasteiger partial charge is 0.0239 e. The summed E-state index contributed by atoms with van der Waals surface area (Å²) in [7, 11) is 0. The molecule has 0 saturated carbocycles. The first-order chi connectivity index (χ1) is 7.38. The fourth-order valence-corrected chi connectivity index (χ4v) is 2.51. The second kappa shape index (κ2) is 5.80. The normalized spacial score (nSPS) is 27.0. The molecule has 0 spiro atoms. The fourth-order valence-electron chi connectivity index (χ4n) is 2.51. The van der Waals surface area contributed by atoms with Crippen LogP contribution in [0.15, 0.2) is 0 Å². The molecule has 4 nitrogen and oxygen atoms in total. The lowest BCUT2D eigenvalue weighted by Gasteiger charge is -2.36. The molecule has 0 aromatic heterocycles. The highest BCUT2D eigenvalue weighted by molar-refractivity contribution is 4.76. The van der Waals surface area contributed by atoms with Crippen molar-refractivity contribution in [1.82, 2.24) is 15.8 Å². The van der Waals surface area contributed by atoms with Crippen LogP contribution in [0.4, 0.5) is 0 Å². The van der Waals surface area contributed by atoms with Crippen LogP contribution in [0.25, 0.3) is 0 Å². The summed E-state index contributed by atoms with van der Waals surface area (Å²) in [5, 5.41) is 5.80. The van der Waals surface area contributed by atoms with Crippen LogP contribution < -0.4 is 16.5 Å². The van der Waals surface area contributed by atoms with Crippen LogP contribution in [0.1, 0.15) is 25.7 Å². The monoisotopic (exact) mass is 212 g/mol. The molecule has 0 aliphatic carbocycles. The van der Waals surface area contributed by atoms with E-state index in [9.17, 15) is 0 Å². The Kier molecular flexibility index (Phi) is 4.38. The highest BCUT2D eigenvalue weighted by Crippen LogP contribution is 2.15. The summed E-state index contributed by atoms with van der Waals surface area (Å²) in [5.41, 5.74) is 9.34. The van der Waals surface area contributed by atoms with Crippen molar-refractivity contribution in [2.45, 2.75) is 31.7 Å². The summed E-state index contributed by atoms with van der Waals surface area (Å²) in [6.45, 7) is 5.53. The minimum absolute atomic E-state index is 0.695. The minimum Gasteiger partial charge on any atom is -0.330 e. The first kappa shape index (κ1) is 11.3. The Labute approximate surface area is 92.5 Å². The molecule has 15 heavy (non-hydrogen) atoms. The maximum absolute atomic E-state index is 5.69. The number of piperidine rings is 2. The number of hydrazine groups is 1. The molecule has 4 heteroatoms. The van der Waals surface area contributed by atoms with E-state index >= 15 is 0 Å². The van der Waals surface area contributed by atoms with Gasteiger partial charge < -0.3 is 11.1 Å². The van der Waals surface area contributed by atoms with E-state index in [4.69, 9.17) is 5.73 Å². The molecular weight excluding hydrogens is 188 g/mol. The number of nitrogens with two attached hydrogens (primary N) is 1. The second-order valence-corrected chi connectivity index (χ2v) is 4.82. The van der Waals surface area contributed by atoms with Crippen LogP contribution >= 0.6 is 0 Å². The van der Waals surface area contributed by atoms with Gasteiger partial charge in [0.1, 0.15) is 0 Å². The van der Waals surface area contributed by atoms with E-state index in [1.807, 2.05) is 0 Å². The summed E-state index contributed by atoms with van der Waals surface area (Å²) in [4.78, 5) is 0. The third-order valence-electron chi connectivity index (χ3n) is 3.65. The summed E-state index contributed by atoms with van der Waals surface area (Å²) in [6, 6.07) is 0.695. The number of hydrogen-bond donors (Lipinski definition) is 3. The molecule has 2 saturated heterocycles. The van der Waals surface area contributed by atoms with Crippen molar-refractivity contribution in [3.8, 4) is 0 Å². The SMILES string of the molecule is NCC1CCN(NC2CCNCC2)CC1. The predicted molar refractivity (Wildman–Crippen MR) is 62.4 cm³/mol. The molecule has 88 valence electrons. The average Bonchev–Trinajstić information content (AvgIpc) is 2.31. The maximum atomic E-state index is 5.69. The largest absolute Gasteiger partial charge is 0.330 e. The van der Waals surface area contributed by atoms with E-state index in [2.05, 4.69) is 15.8 Å². The van der Waals surface area contributed by atoms with Gasteiger partial charge in [-0.3, -0.25) is 5.43 Å². The first-order valence-electron chi connectivity index (χ1n) is 6.30. The van der Waals surface area contributed by atoms with Crippen molar-refractivity contribution in [2.24, 2.45) is 11.7 Å². The molecule has 0 aromatic carbocycles. The molecule has 0 amide bonds. The fraction of sp³-hybridized carbons (Fsp3) is 1.00. The predicted octanol–water partition coefficient (Wildman–Crippen LogP) is -0.0863. The van der Waals surface area contributed by atoms with Gasteiger partial charge in [0, 0.05) is 19.1 Å². The van der Waals surface area contributed by atoms with Crippen molar-refractivity contribution >= 4 is 0 Å². The minimum atomic E-state index is 0.695. The van der Waals surface area contributed by atoms with Crippen molar-refractivity contribution in [2.75, 3.05) is 32.7 Å². The van der Waals surface area contributed by atoms with Crippen molar-refractivity contribution in [1.29, 1.82) is 0 Å². The Balaban J connectivity index is 1.67. The number of nitrogens with zero attached hydrogens (tertiary/aromatic N) is 1. The molecule has 2 rings (SSSR count). The Morgan fingerprint density at radius 2 is 1.80 bits per heavy atom. The maximum Gasteiger partial charge on any atom is 0.0239 e. The van der Waals surface area contributed by atoms with Gasteiger partial charge in [-0.25, -0.2) is 5.01 Å². The summed E-state index contributed by atoms with van der Waals surface area (Å²) in [5.74, 6) is 0.760. The van der Waals surface area contributed by atoms with Gasteiger partial charge in [0.2, 0.25) is 0 Å². The third-order valence-corrected chi connectivity index (χ3v) is 3.65. The van der Waals surface area contributed by atoms with Crippen LogP contribution in [0, 0.1) is 5.92 Å². The van der Waals surface area contributed by atoms with Gasteiger partial charge in [-0.1, -0.05) is 0 Å². The standard InChI is InChI=1S/C11H24N4/c12-9-10-3-7-15(8-4-10)14-11-1-5-13-6-2-11/h10-11,13-14H,1-9,12H2. The summed E-state index contributed by atoms with van der Waals surface area (Å²) >= 11 is 0. The molecule has 2 aliphatic rings. The van der Waals surface area contributed by atoms with Gasteiger partial charge in [0.05, 0.1) is 0 Å². The van der Waals surface area contributed by atoms with Crippen molar-refractivity contribution < 1.29 is 0 Å². The van der Waals surface area contributed by atoms with Crippen molar-refractivity contribution in [3.05, 3.63) is 0 Å². The Hall–Kier alpha value is -0.160. The molecule has 0 bridgehead atoms. The zero-order valence-corrected chi connectivity index (χ0v) is 9.54. The third kappa shape index (κ3) is 3.41. The van der Waals surface area contributed by atoms with Crippen LogP contribution in [0.3, 0.4) is 0 Å². The number of rotatable bonds is 3. The van der Waals surface area contributed by atoms with E-state index in [0.29, 0.717) is 6.04 Å². The lowest BCUT2D eigenvalue weighted by molar-refractivity contribution is 0.0958. The molecule has 0 radical (unpaired) electrons. The number of nitrogens with one attached hydrogen (secondary N) is 2. The highest BCUT2D eigenvalue weighted by Gasteiger charge is 2.21. The van der Waals surface area contributed by atoms with E-state index < -0.39 is 0 Å². The molecule has 2 fully saturated rings. The Morgan fingerprint density at radius 3 is 2.40 bits per heavy atom. The van der Waals surface area contributed by atoms with Gasteiger partial charge in [-0.2, -0.15) is 0 Å². The molecule has 2 heterocycles. The second-order valence-electron chi connectivity index (χ2n) is 4.82. The highest BCUT2D eigenvalue weighted by atomic mass is 15.5. The molecule has 0 aromatic rings. The molecular formula is C11H24N4. The van der Waals surface area contributed by atoms with Gasteiger partial charge >= 0.3 is 0 Å². The van der Waals surface area contributed by atoms with Crippen LogP contribution in [-0.2, 0) is 0 Å². The zero-order valence-electron chi connectivity index (χ0n) is 9.54. The van der Waals surface area contributed by atoms with Crippen LogP contribution in [-0.4, -0.2) is 43.8 Å². The Bertz CT molecular complexity index is 171. The van der Waals surface area contributed by atoms with Gasteiger partial charge in [0.15, 0.2) is 0 Å². The number of hydrogen-bond acceptors (Lipinski definition) is 4. The summed E-state index contributed by atoms with van der Waals surface area (Å²) < 4.78 is 0. The van der Waals surface area contributed by atoms with E-state index in [1.165, 1.54) is 38.8 Å². The quantitative estimate of drug-likeness (QED) is 0.612. The zero-order chi connectivity index (χ0) is 10.5. The van der Waals surface area contributed by atoms with Crippen LogP contribution in [0.5, 0.6) is 0 Å². The Morgan fingerprint density at radius 1 is 1.13 bits per heavy atom. The lowest BCUT2D eigenvalue weighted by Crippen LogP contribution is -2.51.